The molecule has 7 heteroatoms. The molecule has 134 valence electrons. The highest BCUT2D eigenvalue weighted by Crippen LogP contribution is 2.23. The number of hydrogen-bond donors (Lipinski definition) is 3. The van der Waals surface area contributed by atoms with Crippen LogP contribution in [0.2, 0.25) is 5.02 Å². The maximum atomic E-state index is 12.3. The highest BCUT2D eigenvalue weighted by Gasteiger charge is 2.23. The highest BCUT2D eigenvalue weighted by molar-refractivity contribution is 6.34. The van der Waals surface area contributed by atoms with Gasteiger partial charge in [0.2, 0.25) is 5.91 Å². The molecule has 24 heavy (non-hydrogen) atoms. The van der Waals surface area contributed by atoms with Gasteiger partial charge >= 0.3 is 0 Å². The van der Waals surface area contributed by atoms with Crippen molar-refractivity contribution in [2.75, 3.05) is 18.4 Å². The van der Waals surface area contributed by atoms with Crippen molar-refractivity contribution in [2.24, 2.45) is 5.92 Å². The molecule has 0 saturated carbocycles. The molecule has 2 amide bonds. The van der Waals surface area contributed by atoms with E-state index in [0.29, 0.717) is 22.8 Å². The second-order valence-corrected chi connectivity index (χ2v) is 6.97. The van der Waals surface area contributed by atoms with E-state index >= 15 is 0 Å². The summed E-state index contributed by atoms with van der Waals surface area (Å²) in [7, 11) is 0. The number of nitrogens with one attached hydrogen (secondary N) is 3. The number of halogens is 2. The van der Waals surface area contributed by atoms with Gasteiger partial charge < -0.3 is 16.0 Å². The molecule has 1 aliphatic heterocycles. The first kappa shape index (κ1) is 20.7. The predicted molar refractivity (Wildman–Crippen MR) is 100 cm³/mol. The second kappa shape index (κ2) is 8.70. The zero-order chi connectivity index (χ0) is 17.0. The Hall–Kier alpha value is -1.30. The van der Waals surface area contributed by atoms with Crippen molar-refractivity contribution < 1.29 is 9.59 Å². The lowest BCUT2D eigenvalue weighted by Gasteiger charge is -2.24. The Balaban J connectivity index is 0.00000288. The van der Waals surface area contributed by atoms with E-state index in [1.54, 1.807) is 18.2 Å². The van der Waals surface area contributed by atoms with Gasteiger partial charge in [-0.25, -0.2) is 0 Å². The van der Waals surface area contributed by atoms with Crippen LogP contribution in [-0.2, 0) is 4.79 Å². The Morgan fingerprint density at radius 3 is 2.62 bits per heavy atom. The van der Waals surface area contributed by atoms with Crippen molar-refractivity contribution in [3.63, 3.8) is 0 Å². The van der Waals surface area contributed by atoms with Gasteiger partial charge in [-0.2, -0.15) is 0 Å². The number of carbonyl (C=O) groups is 2. The van der Waals surface area contributed by atoms with Crippen molar-refractivity contribution in [3.05, 3.63) is 28.8 Å². The fourth-order valence-corrected chi connectivity index (χ4v) is 2.63. The molecule has 3 N–H and O–H groups in total. The first-order valence-electron chi connectivity index (χ1n) is 7.96. The maximum absolute atomic E-state index is 12.3. The largest absolute Gasteiger partial charge is 0.347 e. The quantitative estimate of drug-likeness (QED) is 0.741. The fraction of sp³-hybridized carbons (Fsp3) is 0.529. The second-order valence-electron chi connectivity index (χ2n) is 6.57. The Kier molecular flexibility index (Phi) is 7.52. The molecule has 1 unspecified atom stereocenters. The highest BCUT2D eigenvalue weighted by atomic mass is 35.5. The fourth-order valence-electron chi connectivity index (χ4n) is 2.36. The van der Waals surface area contributed by atoms with E-state index in [1.165, 1.54) is 0 Å². The zero-order valence-corrected chi connectivity index (χ0v) is 15.8. The number of hydrogen-bond acceptors (Lipinski definition) is 3. The molecule has 1 saturated heterocycles. The predicted octanol–water partition coefficient (Wildman–Crippen LogP) is 3.23. The molecule has 1 aromatic rings. The molecule has 0 aromatic heterocycles. The summed E-state index contributed by atoms with van der Waals surface area (Å²) in [4.78, 5) is 24.4. The molecule has 0 spiro atoms. The lowest BCUT2D eigenvalue weighted by atomic mass is 10.0. The molecule has 1 heterocycles. The van der Waals surface area contributed by atoms with Gasteiger partial charge in [0.05, 0.1) is 16.5 Å². The van der Waals surface area contributed by atoms with Crippen LogP contribution < -0.4 is 16.0 Å². The molecular weight excluding hydrogens is 349 g/mol. The van der Waals surface area contributed by atoms with Crippen LogP contribution in [0.1, 0.15) is 44.0 Å². The Morgan fingerprint density at radius 2 is 2.08 bits per heavy atom. The summed E-state index contributed by atoms with van der Waals surface area (Å²) in [6.07, 6.45) is 1.66. The van der Waals surface area contributed by atoms with E-state index in [2.05, 4.69) is 16.0 Å². The van der Waals surface area contributed by atoms with Crippen molar-refractivity contribution in [1.29, 1.82) is 0 Å². The number of carbonyl (C=O) groups excluding carboxylic acids is 2. The van der Waals surface area contributed by atoms with Gasteiger partial charge in [0.1, 0.15) is 0 Å². The lowest BCUT2D eigenvalue weighted by Crippen LogP contribution is -2.42. The van der Waals surface area contributed by atoms with E-state index in [1.807, 2.05) is 20.8 Å². The summed E-state index contributed by atoms with van der Waals surface area (Å²) in [6.45, 7) is 7.50. The molecule has 2 rings (SSSR count). The van der Waals surface area contributed by atoms with Gasteiger partial charge in [0.15, 0.2) is 0 Å². The average molecular weight is 374 g/mol. The number of benzene rings is 1. The van der Waals surface area contributed by atoms with Crippen LogP contribution in [0.5, 0.6) is 0 Å². The molecule has 1 aliphatic rings. The Morgan fingerprint density at radius 1 is 1.38 bits per heavy atom. The monoisotopic (exact) mass is 373 g/mol. The number of amides is 2. The molecule has 5 nitrogen and oxygen atoms in total. The van der Waals surface area contributed by atoms with Crippen LogP contribution in [0.15, 0.2) is 18.2 Å². The molecule has 1 aromatic carbocycles. The first-order chi connectivity index (χ1) is 10.8. The van der Waals surface area contributed by atoms with Crippen molar-refractivity contribution >= 4 is 41.5 Å². The normalized spacial score (nSPS) is 17.1. The van der Waals surface area contributed by atoms with Gasteiger partial charge in [0, 0.05) is 17.8 Å². The zero-order valence-electron chi connectivity index (χ0n) is 14.2. The Bertz CT molecular complexity index is 599. The van der Waals surface area contributed by atoms with E-state index in [4.69, 9.17) is 11.6 Å². The lowest BCUT2D eigenvalue weighted by molar-refractivity contribution is -0.119. The third-order valence-corrected chi connectivity index (χ3v) is 4.56. The van der Waals surface area contributed by atoms with Crippen LogP contribution in [0.4, 0.5) is 5.69 Å². The third-order valence-electron chi connectivity index (χ3n) is 4.25. The molecule has 0 bridgehead atoms. The van der Waals surface area contributed by atoms with Gasteiger partial charge in [-0.3, -0.25) is 9.59 Å². The van der Waals surface area contributed by atoms with E-state index in [9.17, 15) is 9.59 Å². The molecule has 1 atom stereocenters. The molecular formula is C17H25Cl2N3O2. The minimum absolute atomic E-state index is 0. The standard InChI is InChI=1S/C17H24ClN3O2.ClH/c1-4-17(2,3)21-16(23)13-6-5-12(9-14(13)18)20-15(22)11-7-8-19-10-11;/h5-6,9,11,19H,4,7-8,10H2,1-3H3,(H,20,22)(H,21,23);1H. The van der Waals surface area contributed by atoms with Crippen LogP contribution >= 0.6 is 24.0 Å². The summed E-state index contributed by atoms with van der Waals surface area (Å²) >= 11 is 6.21. The number of anilines is 1. The molecule has 0 radical (unpaired) electrons. The van der Waals surface area contributed by atoms with Crippen LogP contribution in [0, 0.1) is 5.92 Å². The Labute approximate surface area is 154 Å². The van der Waals surface area contributed by atoms with Crippen LogP contribution in [0.3, 0.4) is 0 Å². The van der Waals surface area contributed by atoms with Gasteiger partial charge in [-0.15, -0.1) is 12.4 Å². The van der Waals surface area contributed by atoms with Crippen molar-refractivity contribution in [1.82, 2.24) is 10.6 Å². The average Bonchev–Trinajstić information content (AvgIpc) is 3.01. The van der Waals surface area contributed by atoms with Crippen molar-refractivity contribution in [2.45, 2.75) is 39.2 Å². The smallest absolute Gasteiger partial charge is 0.253 e. The van der Waals surface area contributed by atoms with E-state index in [-0.39, 0.29) is 35.7 Å². The van der Waals surface area contributed by atoms with Crippen LogP contribution in [0.25, 0.3) is 0 Å². The summed E-state index contributed by atoms with van der Waals surface area (Å²) < 4.78 is 0. The van der Waals surface area contributed by atoms with Crippen molar-refractivity contribution in [3.8, 4) is 0 Å². The minimum atomic E-state index is -0.289. The summed E-state index contributed by atoms with van der Waals surface area (Å²) in [5.74, 6) is -0.239. The molecule has 1 fully saturated rings. The number of rotatable bonds is 5. The van der Waals surface area contributed by atoms with Gasteiger partial charge in [-0.05, 0) is 51.4 Å². The van der Waals surface area contributed by atoms with E-state index < -0.39 is 0 Å². The first-order valence-corrected chi connectivity index (χ1v) is 8.34. The molecule has 0 aliphatic carbocycles. The van der Waals surface area contributed by atoms with Gasteiger partial charge in [-0.1, -0.05) is 18.5 Å². The summed E-state index contributed by atoms with van der Waals surface area (Å²) in [5.41, 5.74) is 0.731. The maximum Gasteiger partial charge on any atom is 0.253 e. The topological polar surface area (TPSA) is 70.2 Å². The minimum Gasteiger partial charge on any atom is -0.347 e. The van der Waals surface area contributed by atoms with E-state index in [0.717, 1.165) is 19.4 Å². The van der Waals surface area contributed by atoms with Gasteiger partial charge in [0.25, 0.3) is 5.91 Å². The van der Waals surface area contributed by atoms with Crippen LogP contribution in [-0.4, -0.2) is 30.4 Å². The summed E-state index contributed by atoms with van der Waals surface area (Å²) in [6, 6.07) is 4.97. The summed E-state index contributed by atoms with van der Waals surface area (Å²) in [5, 5.41) is 9.30. The third kappa shape index (κ3) is 5.36. The SMILES string of the molecule is CCC(C)(C)NC(=O)c1ccc(NC(=O)C2CCNC2)cc1Cl.Cl.